The highest BCUT2D eigenvalue weighted by Crippen LogP contribution is 2.16. The molecule has 0 aliphatic carbocycles. The number of rotatable bonds is 7. The maximum Gasteiger partial charge on any atom is 0.361 e. The Labute approximate surface area is 89.6 Å². The molecule has 0 radical (unpaired) electrons. The Bertz CT molecular complexity index is 171. The monoisotopic (exact) mass is 216 g/mol. The predicted octanol–water partition coefficient (Wildman–Crippen LogP) is 3.41. The molecule has 2 atom stereocenters. The molecule has 0 spiro atoms. The van der Waals surface area contributed by atoms with E-state index in [-0.39, 0.29) is 12.2 Å². The maximum absolute atomic E-state index is 5.94. The first-order chi connectivity index (χ1) is 6.43. The van der Waals surface area contributed by atoms with E-state index in [1.54, 1.807) is 0 Å². The fourth-order valence-electron chi connectivity index (χ4n) is 1.46. The highest BCUT2D eigenvalue weighted by Gasteiger charge is 2.30. The minimum Gasteiger partial charge on any atom is -0.389 e. The third kappa shape index (κ3) is 5.57. The van der Waals surface area contributed by atoms with Crippen LogP contribution in [0.3, 0.4) is 0 Å². The fourth-order valence-corrected chi connectivity index (χ4v) is 3.56. The van der Waals surface area contributed by atoms with Gasteiger partial charge in [0.05, 0.1) is 0 Å². The van der Waals surface area contributed by atoms with Crippen LogP contribution in [-0.4, -0.2) is 20.8 Å². The van der Waals surface area contributed by atoms with Gasteiger partial charge in [-0.2, -0.15) is 0 Å². The molecule has 0 fully saturated rings. The molecule has 84 valence electrons. The summed E-state index contributed by atoms with van der Waals surface area (Å²) in [6.07, 6.45) is 2.70. The van der Waals surface area contributed by atoms with Crippen LogP contribution in [0.15, 0.2) is 12.3 Å². The Balaban J connectivity index is 4.16. The fraction of sp³-hybridized carbons (Fsp3) is 0.818. The van der Waals surface area contributed by atoms with E-state index >= 15 is 0 Å². The van der Waals surface area contributed by atoms with Gasteiger partial charge in [-0.3, -0.25) is 0 Å². The van der Waals surface area contributed by atoms with Gasteiger partial charge in [-0.1, -0.05) is 13.3 Å². The van der Waals surface area contributed by atoms with Gasteiger partial charge in [0.1, 0.15) is 0 Å². The second-order valence-corrected chi connectivity index (χ2v) is 7.02. The standard InChI is InChI=1S/C11H24O2Si/c1-7-9-11(5)13-14(6,8-2)12-10(3)4/h8,10-11H,2,7,9H2,1,3-6H3. The molecule has 0 amide bonds. The molecule has 0 saturated heterocycles. The lowest BCUT2D eigenvalue weighted by Crippen LogP contribution is -2.41. The summed E-state index contributed by atoms with van der Waals surface area (Å²) in [5.41, 5.74) is 1.86. The van der Waals surface area contributed by atoms with Crippen molar-refractivity contribution in [2.24, 2.45) is 0 Å². The van der Waals surface area contributed by atoms with E-state index < -0.39 is 8.56 Å². The van der Waals surface area contributed by atoms with Crippen LogP contribution >= 0.6 is 0 Å². The zero-order valence-corrected chi connectivity index (χ0v) is 11.2. The van der Waals surface area contributed by atoms with Crippen molar-refractivity contribution in [3.05, 3.63) is 12.3 Å². The van der Waals surface area contributed by atoms with Gasteiger partial charge in [0.2, 0.25) is 0 Å². The predicted molar refractivity (Wildman–Crippen MR) is 63.5 cm³/mol. The quantitative estimate of drug-likeness (QED) is 0.607. The third-order valence-corrected chi connectivity index (χ3v) is 4.52. The molecule has 14 heavy (non-hydrogen) atoms. The molecule has 0 aromatic rings. The van der Waals surface area contributed by atoms with E-state index in [1.165, 1.54) is 0 Å². The normalized spacial score (nSPS) is 17.9. The molecule has 0 rings (SSSR count). The van der Waals surface area contributed by atoms with Crippen LogP contribution in [0.25, 0.3) is 0 Å². The highest BCUT2D eigenvalue weighted by atomic mass is 28.4. The van der Waals surface area contributed by atoms with E-state index in [9.17, 15) is 0 Å². The first-order valence-electron chi connectivity index (χ1n) is 5.42. The van der Waals surface area contributed by atoms with Gasteiger partial charge in [-0.15, -0.1) is 6.58 Å². The van der Waals surface area contributed by atoms with Crippen molar-refractivity contribution in [2.75, 3.05) is 0 Å². The van der Waals surface area contributed by atoms with Gasteiger partial charge in [0, 0.05) is 12.2 Å². The van der Waals surface area contributed by atoms with E-state index in [2.05, 4.69) is 20.4 Å². The molecule has 0 aliphatic heterocycles. The second-order valence-electron chi connectivity index (χ2n) is 4.10. The van der Waals surface area contributed by atoms with Crippen LogP contribution in [0.1, 0.15) is 40.5 Å². The summed E-state index contributed by atoms with van der Waals surface area (Å²) in [5, 5.41) is 0. The summed E-state index contributed by atoms with van der Waals surface area (Å²) in [7, 11) is -2.12. The van der Waals surface area contributed by atoms with Crippen LogP contribution in [0, 0.1) is 0 Å². The summed E-state index contributed by atoms with van der Waals surface area (Å²) in [6, 6.07) is 0. The molecule has 2 unspecified atom stereocenters. The van der Waals surface area contributed by atoms with Crippen molar-refractivity contribution in [2.45, 2.75) is 59.3 Å². The van der Waals surface area contributed by atoms with Crippen molar-refractivity contribution in [3.63, 3.8) is 0 Å². The SMILES string of the molecule is C=C[Si](C)(OC(C)C)OC(C)CCC. The lowest BCUT2D eigenvalue weighted by Gasteiger charge is -2.29. The van der Waals surface area contributed by atoms with Crippen LogP contribution < -0.4 is 0 Å². The molecule has 3 heteroatoms. The zero-order chi connectivity index (χ0) is 11.2. The number of hydrogen-bond donors (Lipinski definition) is 0. The van der Waals surface area contributed by atoms with Crippen molar-refractivity contribution < 1.29 is 8.85 Å². The van der Waals surface area contributed by atoms with Gasteiger partial charge < -0.3 is 8.85 Å². The third-order valence-electron chi connectivity index (χ3n) is 1.97. The lowest BCUT2D eigenvalue weighted by atomic mass is 10.2. The largest absolute Gasteiger partial charge is 0.389 e. The molecule has 0 N–H and O–H groups in total. The van der Waals surface area contributed by atoms with E-state index in [4.69, 9.17) is 8.85 Å². The van der Waals surface area contributed by atoms with Crippen LogP contribution in [0.2, 0.25) is 6.55 Å². The topological polar surface area (TPSA) is 18.5 Å². The highest BCUT2D eigenvalue weighted by molar-refractivity contribution is 6.71. The Morgan fingerprint density at radius 1 is 1.29 bits per heavy atom. The Kier molecular flexibility index (Phi) is 6.32. The van der Waals surface area contributed by atoms with Gasteiger partial charge >= 0.3 is 8.56 Å². The summed E-state index contributed by atoms with van der Waals surface area (Å²) in [5.74, 6) is 0. The van der Waals surface area contributed by atoms with Gasteiger partial charge in [-0.25, -0.2) is 0 Å². The van der Waals surface area contributed by atoms with Crippen LogP contribution in [0.5, 0.6) is 0 Å². The van der Waals surface area contributed by atoms with Crippen LogP contribution in [0.4, 0.5) is 0 Å². The van der Waals surface area contributed by atoms with Crippen molar-refractivity contribution in [1.82, 2.24) is 0 Å². The summed E-state index contributed by atoms with van der Waals surface area (Å²) in [4.78, 5) is 0. The molecule has 0 heterocycles. The minimum absolute atomic E-state index is 0.207. The molecular weight excluding hydrogens is 192 g/mol. The first kappa shape index (κ1) is 13.9. The molecule has 0 saturated carbocycles. The van der Waals surface area contributed by atoms with Gasteiger partial charge in [0.15, 0.2) is 0 Å². The molecular formula is C11H24O2Si. The van der Waals surface area contributed by atoms with Gasteiger partial charge in [-0.05, 0) is 39.4 Å². The Hall–Kier alpha value is -0.123. The average molecular weight is 216 g/mol. The lowest BCUT2D eigenvalue weighted by molar-refractivity contribution is 0.106. The smallest absolute Gasteiger partial charge is 0.361 e. The Morgan fingerprint density at radius 2 is 1.86 bits per heavy atom. The second kappa shape index (κ2) is 6.38. The number of hydrogen-bond acceptors (Lipinski definition) is 2. The van der Waals surface area contributed by atoms with Crippen molar-refractivity contribution in [3.8, 4) is 0 Å². The molecule has 0 aromatic carbocycles. The molecule has 0 bridgehead atoms. The summed E-state index contributed by atoms with van der Waals surface area (Å²) in [6.45, 7) is 14.2. The summed E-state index contributed by atoms with van der Waals surface area (Å²) >= 11 is 0. The molecule has 0 aliphatic rings. The van der Waals surface area contributed by atoms with Crippen molar-refractivity contribution in [1.29, 1.82) is 0 Å². The minimum atomic E-state index is -2.12. The van der Waals surface area contributed by atoms with Gasteiger partial charge in [0.25, 0.3) is 0 Å². The first-order valence-corrected chi connectivity index (χ1v) is 7.82. The van der Waals surface area contributed by atoms with E-state index in [0.29, 0.717) is 0 Å². The Morgan fingerprint density at radius 3 is 2.21 bits per heavy atom. The average Bonchev–Trinajstić information content (AvgIpc) is 2.02. The molecule has 0 aromatic heterocycles. The van der Waals surface area contributed by atoms with Crippen molar-refractivity contribution >= 4 is 8.56 Å². The van der Waals surface area contributed by atoms with E-state index in [0.717, 1.165) is 12.8 Å². The zero-order valence-electron chi connectivity index (χ0n) is 10.2. The van der Waals surface area contributed by atoms with E-state index in [1.807, 2.05) is 26.1 Å². The summed E-state index contributed by atoms with van der Waals surface area (Å²) < 4.78 is 11.7. The maximum atomic E-state index is 5.94. The van der Waals surface area contributed by atoms with Crippen LogP contribution in [-0.2, 0) is 8.85 Å². The molecule has 2 nitrogen and oxygen atoms in total.